The second-order valence-corrected chi connectivity index (χ2v) is 7.50. The van der Waals surface area contributed by atoms with Gasteiger partial charge in [0.05, 0.1) is 13.2 Å². The topological polar surface area (TPSA) is 46.1 Å². The maximum Gasteiger partial charge on any atom is 0.193 e. The molecule has 7 heteroatoms. The van der Waals surface area contributed by atoms with E-state index in [1.807, 2.05) is 11.8 Å². The molecule has 0 aromatic heterocycles. The molecule has 2 aliphatic heterocycles. The van der Waals surface area contributed by atoms with Crippen molar-refractivity contribution in [2.24, 2.45) is 10.9 Å². The van der Waals surface area contributed by atoms with Crippen LogP contribution in [-0.2, 0) is 9.47 Å². The number of nitrogens with zero attached hydrogens (tertiary/aromatic N) is 2. The standard InChI is InChI=1S/C16H31N3O2S.HI/c1-4-17-15(19-8-5-14(11-19)12-20-2)18-13-16(22-3)6-9-21-10-7-16;/h14H,4-13H2,1-3H3,(H,17,18);1H. The molecule has 2 fully saturated rings. The van der Waals surface area contributed by atoms with Crippen LogP contribution in [0.25, 0.3) is 0 Å². The van der Waals surface area contributed by atoms with Crippen LogP contribution in [0.5, 0.6) is 0 Å². The number of aliphatic imine (C=N–C) groups is 1. The van der Waals surface area contributed by atoms with Gasteiger partial charge in [-0.2, -0.15) is 11.8 Å². The molecule has 0 bridgehead atoms. The zero-order valence-electron chi connectivity index (χ0n) is 14.7. The maximum absolute atomic E-state index is 5.52. The van der Waals surface area contributed by atoms with Crippen LogP contribution in [0, 0.1) is 5.92 Å². The molecule has 0 aliphatic carbocycles. The number of hydrogen-bond donors (Lipinski definition) is 1. The van der Waals surface area contributed by atoms with Gasteiger partial charge in [-0.25, -0.2) is 0 Å². The van der Waals surface area contributed by atoms with Crippen molar-refractivity contribution in [3.8, 4) is 0 Å². The van der Waals surface area contributed by atoms with E-state index < -0.39 is 0 Å². The molecule has 0 saturated carbocycles. The van der Waals surface area contributed by atoms with Crippen molar-refractivity contribution in [2.75, 3.05) is 59.4 Å². The third kappa shape index (κ3) is 6.25. The van der Waals surface area contributed by atoms with Crippen molar-refractivity contribution >= 4 is 41.7 Å². The Kier molecular flexibility index (Phi) is 10.2. The minimum atomic E-state index is 0. The van der Waals surface area contributed by atoms with Crippen LogP contribution in [0.4, 0.5) is 0 Å². The summed E-state index contributed by atoms with van der Waals surface area (Å²) in [5, 5.41) is 3.46. The summed E-state index contributed by atoms with van der Waals surface area (Å²) >= 11 is 1.95. The number of guanidine groups is 1. The molecule has 5 nitrogen and oxygen atoms in total. The average Bonchev–Trinajstić information content (AvgIpc) is 3.01. The van der Waals surface area contributed by atoms with Crippen molar-refractivity contribution < 1.29 is 9.47 Å². The van der Waals surface area contributed by atoms with Gasteiger partial charge in [0, 0.05) is 50.6 Å². The molecule has 23 heavy (non-hydrogen) atoms. The lowest BCUT2D eigenvalue weighted by molar-refractivity contribution is 0.0793. The Bertz CT molecular complexity index is 365. The minimum Gasteiger partial charge on any atom is -0.384 e. The van der Waals surface area contributed by atoms with Crippen LogP contribution in [0.15, 0.2) is 4.99 Å². The van der Waals surface area contributed by atoms with Crippen molar-refractivity contribution in [3.05, 3.63) is 0 Å². The third-order valence-corrected chi connectivity index (χ3v) is 6.08. The summed E-state index contributed by atoms with van der Waals surface area (Å²) < 4.78 is 11.1. The summed E-state index contributed by atoms with van der Waals surface area (Å²) in [6.07, 6.45) is 5.60. The first-order valence-corrected chi connectivity index (χ1v) is 9.60. The predicted octanol–water partition coefficient (Wildman–Crippen LogP) is 2.45. The normalized spacial score (nSPS) is 24.4. The van der Waals surface area contributed by atoms with E-state index in [1.54, 1.807) is 7.11 Å². The van der Waals surface area contributed by atoms with Crippen LogP contribution in [0.1, 0.15) is 26.2 Å². The molecule has 2 saturated heterocycles. The van der Waals surface area contributed by atoms with Gasteiger partial charge in [0.15, 0.2) is 5.96 Å². The Hall–Kier alpha value is 0.270. The van der Waals surface area contributed by atoms with Crippen molar-refractivity contribution in [3.63, 3.8) is 0 Å². The van der Waals surface area contributed by atoms with E-state index in [0.29, 0.717) is 5.92 Å². The fourth-order valence-corrected chi connectivity index (χ4v) is 3.98. The fourth-order valence-electron chi connectivity index (χ4n) is 3.21. The summed E-state index contributed by atoms with van der Waals surface area (Å²) in [5.41, 5.74) is 0. The highest BCUT2D eigenvalue weighted by atomic mass is 127. The third-order valence-electron chi connectivity index (χ3n) is 4.68. The summed E-state index contributed by atoms with van der Waals surface area (Å²) in [5.74, 6) is 1.70. The summed E-state index contributed by atoms with van der Waals surface area (Å²) in [7, 11) is 1.79. The molecule has 136 valence electrons. The highest BCUT2D eigenvalue weighted by Gasteiger charge is 2.32. The van der Waals surface area contributed by atoms with Crippen molar-refractivity contribution in [1.82, 2.24) is 10.2 Å². The van der Waals surface area contributed by atoms with Crippen molar-refractivity contribution in [2.45, 2.75) is 30.9 Å². The number of nitrogens with one attached hydrogen (secondary N) is 1. The monoisotopic (exact) mass is 457 g/mol. The Morgan fingerprint density at radius 1 is 1.43 bits per heavy atom. The van der Waals surface area contributed by atoms with E-state index in [9.17, 15) is 0 Å². The molecule has 1 atom stereocenters. The van der Waals surface area contributed by atoms with E-state index in [0.717, 1.165) is 64.8 Å². The number of halogens is 1. The Morgan fingerprint density at radius 3 is 2.78 bits per heavy atom. The van der Waals surface area contributed by atoms with Gasteiger partial charge in [0.1, 0.15) is 0 Å². The first-order chi connectivity index (χ1) is 10.7. The lowest BCUT2D eigenvalue weighted by Crippen LogP contribution is -2.42. The molecule has 0 aromatic carbocycles. The minimum absolute atomic E-state index is 0. The van der Waals surface area contributed by atoms with E-state index in [1.165, 1.54) is 6.42 Å². The lowest BCUT2D eigenvalue weighted by Gasteiger charge is -2.34. The van der Waals surface area contributed by atoms with Crippen LogP contribution in [0.2, 0.25) is 0 Å². The molecule has 0 aromatic rings. The van der Waals surface area contributed by atoms with Gasteiger partial charge < -0.3 is 19.7 Å². The molecule has 2 rings (SSSR count). The molecule has 2 heterocycles. The lowest BCUT2D eigenvalue weighted by atomic mass is 9.99. The van der Waals surface area contributed by atoms with E-state index in [4.69, 9.17) is 14.5 Å². The average molecular weight is 457 g/mol. The second kappa shape index (κ2) is 11.0. The molecule has 0 amide bonds. The summed E-state index contributed by atoms with van der Waals surface area (Å²) in [6, 6.07) is 0. The van der Waals surface area contributed by atoms with Crippen molar-refractivity contribution in [1.29, 1.82) is 0 Å². The molecule has 1 N–H and O–H groups in total. The highest BCUT2D eigenvalue weighted by Crippen LogP contribution is 2.34. The van der Waals surface area contributed by atoms with Crippen LogP contribution >= 0.6 is 35.7 Å². The molecular weight excluding hydrogens is 425 g/mol. The number of likely N-dealkylation sites (tertiary alicyclic amines) is 1. The SMILES string of the molecule is CCNC(=NCC1(SC)CCOCC1)N1CCC(COC)C1.I. The molecule has 0 spiro atoms. The zero-order chi connectivity index (χ0) is 15.8. The van der Waals surface area contributed by atoms with Gasteiger partial charge in [-0.15, -0.1) is 24.0 Å². The Balaban J connectivity index is 0.00000264. The highest BCUT2D eigenvalue weighted by molar-refractivity contribution is 14.0. The van der Waals surface area contributed by atoms with Gasteiger partial charge in [-0.05, 0) is 32.4 Å². The van der Waals surface area contributed by atoms with Gasteiger partial charge in [-0.1, -0.05) is 0 Å². The van der Waals surface area contributed by atoms with Gasteiger partial charge in [-0.3, -0.25) is 4.99 Å². The summed E-state index contributed by atoms with van der Waals surface area (Å²) in [4.78, 5) is 7.36. The maximum atomic E-state index is 5.52. The first kappa shape index (κ1) is 21.3. The van der Waals surface area contributed by atoms with Gasteiger partial charge >= 0.3 is 0 Å². The zero-order valence-corrected chi connectivity index (χ0v) is 17.8. The van der Waals surface area contributed by atoms with E-state index in [2.05, 4.69) is 23.4 Å². The molecular formula is C16H32IN3O2S. The Labute approximate surface area is 162 Å². The predicted molar refractivity (Wildman–Crippen MR) is 109 cm³/mol. The first-order valence-electron chi connectivity index (χ1n) is 8.38. The number of rotatable bonds is 6. The van der Waals surface area contributed by atoms with Crippen LogP contribution in [0.3, 0.4) is 0 Å². The fraction of sp³-hybridized carbons (Fsp3) is 0.938. The van der Waals surface area contributed by atoms with E-state index >= 15 is 0 Å². The molecule has 1 unspecified atom stereocenters. The van der Waals surface area contributed by atoms with Crippen LogP contribution < -0.4 is 5.32 Å². The van der Waals surface area contributed by atoms with Gasteiger partial charge in [0.25, 0.3) is 0 Å². The quantitative estimate of drug-likeness (QED) is 0.377. The summed E-state index contributed by atoms with van der Waals surface area (Å²) in [6.45, 7) is 8.65. The van der Waals surface area contributed by atoms with Crippen LogP contribution in [-0.4, -0.2) is 75.0 Å². The van der Waals surface area contributed by atoms with Gasteiger partial charge in [0.2, 0.25) is 0 Å². The molecule has 2 aliphatic rings. The smallest absolute Gasteiger partial charge is 0.193 e. The number of thioether (sulfide) groups is 1. The molecule has 0 radical (unpaired) electrons. The number of ether oxygens (including phenoxy) is 2. The van der Waals surface area contributed by atoms with E-state index in [-0.39, 0.29) is 28.7 Å². The Morgan fingerprint density at radius 2 is 2.17 bits per heavy atom. The number of methoxy groups -OCH3 is 1. The second-order valence-electron chi connectivity index (χ2n) is 6.23. The number of hydrogen-bond acceptors (Lipinski definition) is 4. The largest absolute Gasteiger partial charge is 0.384 e.